The van der Waals surface area contributed by atoms with E-state index in [1.807, 2.05) is 0 Å². The predicted octanol–water partition coefficient (Wildman–Crippen LogP) is 4.23. The second kappa shape index (κ2) is 9.17. The minimum absolute atomic E-state index is 0.0180. The Bertz CT molecular complexity index is 1110. The molecule has 154 valence electrons. The van der Waals surface area contributed by atoms with Crippen LogP contribution in [0.4, 0.5) is 11.4 Å². The molecule has 1 aromatic heterocycles. The van der Waals surface area contributed by atoms with Crippen LogP contribution in [0, 0.1) is 0 Å². The smallest absolute Gasteiger partial charge is 0.274 e. The van der Waals surface area contributed by atoms with Crippen molar-refractivity contribution in [1.82, 2.24) is 15.3 Å². The first-order valence-corrected chi connectivity index (χ1v) is 9.56. The number of carbonyl (C=O) groups excluding carboxylic acids is 3. The molecule has 3 aromatic rings. The fraction of sp³-hybridized carbons (Fsp3) is 0.0526. The summed E-state index contributed by atoms with van der Waals surface area (Å²) in [5.74, 6) is -1.53. The number of rotatable bonds is 5. The summed E-state index contributed by atoms with van der Waals surface area (Å²) in [6.07, 6.45) is 1.26. The van der Waals surface area contributed by atoms with E-state index in [-0.39, 0.29) is 27.0 Å². The van der Waals surface area contributed by atoms with Crippen molar-refractivity contribution in [2.24, 2.45) is 0 Å². The minimum Gasteiger partial charge on any atom is -0.354 e. The summed E-state index contributed by atoms with van der Waals surface area (Å²) in [4.78, 5) is 43.1. The van der Waals surface area contributed by atoms with Gasteiger partial charge in [-0.25, -0.2) is 4.98 Å². The Morgan fingerprint density at radius 3 is 1.93 bits per heavy atom. The number of nitrogens with one attached hydrogen (secondary N) is 4. The maximum atomic E-state index is 12.5. The van der Waals surface area contributed by atoms with Crippen LogP contribution in [0.15, 0.2) is 42.7 Å². The van der Waals surface area contributed by atoms with Gasteiger partial charge in [0.25, 0.3) is 17.7 Å². The number of benzene rings is 2. The van der Waals surface area contributed by atoms with Gasteiger partial charge in [0.15, 0.2) is 5.69 Å². The van der Waals surface area contributed by atoms with E-state index in [0.717, 1.165) is 0 Å². The normalized spacial score (nSPS) is 10.4. The third kappa shape index (κ3) is 4.73. The molecule has 0 aliphatic carbocycles. The number of H-pyrrole nitrogens is 1. The highest BCUT2D eigenvalue weighted by atomic mass is 35.5. The van der Waals surface area contributed by atoms with Crippen LogP contribution < -0.4 is 16.0 Å². The lowest BCUT2D eigenvalue weighted by atomic mass is 10.2. The predicted molar refractivity (Wildman–Crippen MR) is 116 cm³/mol. The molecule has 0 bridgehead atoms. The fourth-order valence-electron chi connectivity index (χ4n) is 2.54. The molecule has 0 atom stereocenters. The van der Waals surface area contributed by atoms with Crippen LogP contribution in [0.5, 0.6) is 0 Å². The summed E-state index contributed by atoms with van der Waals surface area (Å²) in [7, 11) is 1.44. The third-order valence-electron chi connectivity index (χ3n) is 3.94. The van der Waals surface area contributed by atoms with Gasteiger partial charge in [0.2, 0.25) is 0 Å². The molecule has 0 aliphatic rings. The van der Waals surface area contributed by atoms with Gasteiger partial charge in [-0.1, -0.05) is 34.8 Å². The summed E-state index contributed by atoms with van der Waals surface area (Å²) in [5, 5.41) is 8.28. The van der Waals surface area contributed by atoms with E-state index in [2.05, 4.69) is 25.9 Å². The average Bonchev–Trinajstić information content (AvgIpc) is 3.18. The lowest BCUT2D eigenvalue weighted by molar-refractivity contribution is 0.0943. The second-order valence-corrected chi connectivity index (χ2v) is 7.19. The largest absolute Gasteiger partial charge is 0.354 e. The lowest BCUT2D eigenvalue weighted by Gasteiger charge is -2.10. The average molecular weight is 467 g/mol. The van der Waals surface area contributed by atoms with E-state index in [9.17, 15) is 14.4 Å². The van der Waals surface area contributed by atoms with E-state index in [4.69, 9.17) is 34.8 Å². The highest BCUT2D eigenvalue weighted by molar-refractivity contribution is 6.42. The zero-order chi connectivity index (χ0) is 21.8. The van der Waals surface area contributed by atoms with Crippen LogP contribution in [-0.4, -0.2) is 34.7 Å². The van der Waals surface area contributed by atoms with Crippen molar-refractivity contribution in [3.05, 3.63) is 74.7 Å². The summed E-state index contributed by atoms with van der Waals surface area (Å²) >= 11 is 18.0. The van der Waals surface area contributed by atoms with Crippen molar-refractivity contribution >= 4 is 63.9 Å². The molecule has 4 N–H and O–H groups in total. The van der Waals surface area contributed by atoms with E-state index < -0.39 is 17.7 Å². The zero-order valence-electron chi connectivity index (χ0n) is 15.3. The Hall–Kier alpha value is -3.07. The Morgan fingerprint density at radius 1 is 0.867 bits per heavy atom. The molecule has 0 saturated carbocycles. The molecule has 3 amide bonds. The van der Waals surface area contributed by atoms with Crippen molar-refractivity contribution in [3.63, 3.8) is 0 Å². The molecule has 0 spiro atoms. The molecular formula is C19H14Cl3N5O3. The summed E-state index contributed by atoms with van der Waals surface area (Å²) in [6, 6.07) is 9.16. The minimum atomic E-state index is -0.539. The maximum absolute atomic E-state index is 12.5. The monoisotopic (exact) mass is 465 g/mol. The number of hydrogen-bond acceptors (Lipinski definition) is 4. The zero-order valence-corrected chi connectivity index (χ0v) is 17.6. The summed E-state index contributed by atoms with van der Waals surface area (Å²) < 4.78 is 0. The molecule has 3 rings (SSSR count). The van der Waals surface area contributed by atoms with E-state index in [1.165, 1.54) is 25.5 Å². The van der Waals surface area contributed by atoms with E-state index >= 15 is 0 Å². The Labute approximate surface area is 185 Å². The molecular weight excluding hydrogens is 453 g/mol. The first-order valence-electron chi connectivity index (χ1n) is 8.43. The number of halogens is 3. The molecule has 0 saturated heterocycles. The first-order chi connectivity index (χ1) is 14.3. The van der Waals surface area contributed by atoms with Gasteiger partial charge in [-0.05, 0) is 36.4 Å². The van der Waals surface area contributed by atoms with Gasteiger partial charge >= 0.3 is 0 Å². The van der Waals surface area contributed by atoms with Gasteiger partial charge in [-0.15, -0.1) is 0 Å². The molecule has 8 nitrogen and oxygen atoms in total. The van der Waals surface area contributed by atoms with E-state index in [1.54, 1.807) is 24.3 Å². The Kier molecular flexibility index (Phi) is 6.61. The molecule has 11 heteroatoms. The Morgan fingerprint density at radius 2 is 1.40 bits per heavy atom. The molecule has 2 aromatic carbocycles. The van der Waals surface area contributed by atoms with Crippen molar-refractivity contribution in [3.8, 4) is 0 Å². The van der Waals surface area contributed by atoms with Crippen LogP contribution >= 0.6 is 34.8 Å². The topological polar surface area (TPSA) is 116 Å². The van der Waals surface area contributed by atoms with E-state index in [0.29, 0.717) is 16.4 Å². The van der Waals surface area contributed by atoms with Crippen LogP contribution in [0.3, 0.4) is 0 Å². The maximum Gasteiger partial charge on any atom is 0.274 e. The van der Waals surface area contributed by atoms with Crippen molar-refractivity contribution < 1.29 is 14.4 Å². The number of aromatic nitrogens is 2. The number of imidazole rings is 1. The van der Waals surface area contributed by atoms with Gasteiger partial charge in [0.05, 0.1) is 21.9 Å². The molecule has 0 aliphatic heterocycles. The van der Waals surface area contributed by atoms with Gasteiger partial charge in [-0.2, -0.15) is 0 Å². The Balaban J connectivity index is 1.70. The highest BCUT2D eigenvalue weighted by Crippen LogP contribution is 2.29. The number of aromatic amines is 1. The summed E-state index contributed by atoms with van der Waals surface area (Å²) in [6.45, 7) is 0. The number of carbonyl (C=O) groups is 3. The molecule has 0 fully saturated rings. The standard InChI is InChI=1S/C19H14Cl3N5O3/c1-23-18(29)15-16(25-8-24-15)19(30)27-11-4-2-10(3-5-11)26-17(28)14-12(21)6-9(20)7-13(14)22/h2-8H,1H3,(H,23,29)(H,24,25)(H,26,28)(H,27,30). The van der Waals surface area contributed by atoms with Gasteiger partial charge < -0.3 is 20.9 Å². The first kappa shape index (κ1) is 21.6. The van der Waals surface area contributed by atoms with Gasteiger partial charge in [-0.3, -0.25) is 14.4 Å². The SMILES string of the molecule is CNC(=O)c1nc[nH]c1C(=O)Nc1ccc(NC(=O)c2c(Cl)cc(Cl)cc2Cl)cc1. The van der Waals surface area contributed by atoms with Crippen LogP contribution in [0.1, 0.15) is 31.3 Å². The van der Waals surface area contributed by atoms with Crippen LogP contribution in [-0.2, 0) is 0 Å². The van der Waals surface area contributed by atoms with Crippen LogP contribution in [0.2, 0.25) is 15.1 Å². The lowest BCUT2D eigenvalue weighted by Crippen LogP contribution is -2.23. The third-order valence-corrected chi connectivity index (χ3v) is 4.76. The number of hydrogen-bond donors (Lipinski definition) is 4. The van der Waals surface area contributed by atoms with Gasteiger partial charge in [0, 0.05) is 23.4 Å². The highest BCUT2D eigenvalue weighted by Gasteiger charge is 2.20. The molecule has 30 heavy (non-hydrogen) atoms. The number of anilines is 2. The van der Waals surface area contributed by atoms with Gasteiger partial charge in [0.1, 0.15) is 5.69 Å². The molecule has 0 radical (unpaired) electrons. The number of nitrogens with zero attached hydrogens (tertiary/aromatic N) is 1. The van der Waals surface area contributed by atoms with Crippen LogP contribution in [0.25, 0.3) is 0 Å². The fourth-order valence-corrected chi connectivity index (χ4v) is 3.53. The number of amides is 3. The van der Waals surface area contributed by atoms with Crippen molar-refractivity contribution in [2.45, 2.75) is 0 Å². The van der Waals surface area contributed by atoms with Crippen molar-refractivity contribution in [1.29, 1.82) is 0 Å². The summed E-state index contributed by atoms with van der Waals surface area (Å²) in [5.41, 5.74) is 1.00. The second-order valence-electron chi connectivity index (χ2n) is 5.94. The quantitative estimate of drug-likeness (QED) is 0.450. The molecule has 1 heterocycles. The molecule has 0 unspecified atom stereocenters. The van der Waals surface area contributed by atoms with Crippen molar-refractivity contribution in [2.75, 3.05) is 17.7 Å².